The molecule has 0 spiro atoms. The number of carboxylic acid groups (broad SMARTS) is 1. The molecule has 1 aliphatic carbocycles. The van der Waals surface area contributed by atoms with Crippen molar-refractivity contribution in [1.29, 1.82) is 0 Å². The van der Waals surface area contributed by atoms with Crippen LogP contribution in [0.15, 0.2) is 17.5 Å². The first-order valence-corrected chi connectivity index (χ1v) is 6.61. The van der Waals surface area contributed by atoms with Crippen LogP contribution < -0.4 is 5.32 Å². The van der Waals surface area contributed by atoms with Crippen LogP contribution in [-0.2, 0) is 9.53 Å². The summed E-state index contributed by atoms with van der Waals surface area (Å²) in [7, 11) is 1.72. The molecule has 0 aromatic carbocycles. The van der Waals surface area contributed by atoms with Gasteiger partial charge in [0.15, 0.2) is 0 Å². The number of ether oxygens (including phenoxy) is 1. The first-order chi connectivity index (χ1) is 8.19. The zero-order chi connectivity index (χ0) is 12.3. The molecule has 94 valence electrons. The summed E-state index contributed by atoms with van der Waals surface area (Å²) >= 11 is 1.60. The molecular weight excluding hydrogens is 238 g/mol. The Morgan fingerprint density at radius 1 is 1.71 bits per heavy atom. The highest BCUT2D eigenvalue weighted by Gasteiger charge is 2.31. The molecule has 2 rings (SSSR count). The van der Waals surface area contributed by atoms with E-state index in [-0.39, 0.29) is 12.5 Å². The summed E-state index contributed by atoms with van der Waals surface area (Å²) in [5.41, 5.74) is 0. The summed E-state index contributed by atoms with van der Waals surface area (Å²) in [6.07, 6.45) is 2.41. The van der Waals surface area contributed by atoms with Crippen LogP contribution in [0.1, 0.15) is 30.2 Å². The smallest absolute Gasteiger partial charge is 0.305 e. The van der Waals surface area contributed by atoms with E-state index in [1.54, 1.807) is 18.4 Å². The first kappa shape index (κ1) is 12.5. The number of carboxylic acids is 1. The molecule has 17 heavy (non-hydrogen) atoms. The largest absolute Gasteiger partial charge is 0.481 e. The van der Waals surface area contributed by atoms with Crippen molar-refractivity contribution in [2.75, 3.05) is 7.11 Å². The Balaban J connectivity index is 1.90. The Labute approximate surface area is 105 Å². The van der Waals surface area contributed by atoms with Gasteiger partial charge in [-0.2, -0.15) is 0 Å². The third kappa shape index (κ3) is 3.28. The van der Waals surface area contributed by atoms with Crippen molar-refractivity contribution < 1.29 is 14.6 Å². The van der Waals surface area contributed by atoms with Crippen molar-refractivity contribution in [3.05, 3.63) is 22.4 Å². The van der Waals surface area contributed by atoms with Crippen LogP contribution in [0.3, 0.4) is 0 Å². The normalized spacial score (nSPS) is 25.2. The Bertz CT molecular complexity index is 360. The van der Waals surface area contributed by atoms with E-state index in [4.69, 9.17) is 9.84 Å². The quantitative estimate of drug-likeness (QED) is 0.816. The second-order valence-corrected chi connectivity index (χ2v) is 5.34. The fourth-order valence-electron chi connectivity index (χ4n) is 2.08. The standard InChI is InChI=1S/C12H17NO3S/c1-16-9-5-8(6-9)13-10(7-12(14)15)11-3-2-4-17-11/h2-4,8-10,13H,5-7H2,1H3,(H,14,15). The van der Waals surface area contributed by atoms with E-state index in [0.717, 1.165) is 17.7 Å². The fraction of sp³-hybridized carbons (Fsp3) is 0.583. The molecule has 5 heteroatoms. The van der Waals surface area contributed by atoms with E-state index in [2.05, 4.69) is 5.32 Å². The van der Waals surface area contributed by atoms with Crippen LogP contribution >= 0.6 is 11.3 Å². The van der Waals surface area contributed by atoms with E-state index in [0.29, 0.717) is 12.1 Å². The molecule has 1 aliphatic rings. The molecule has 2 N–H and O–H groups in total. The van der Waals surface area contributed by atoms with Crippen molar-refractivity contribution in [3.63, 3.8) is 0 Å². The minimum Gasteiger partial charge on any atom is -0.481 e. The molecule has 0 amide bonds. The maximum atomic E-state index is 10.9. The average molecular weight is 255 g/mol. The van der Waals surface area contributed by atoms with Crippen molar-refractivity contribution in [1.82, 2.24) is 5.32 Å². The van der Waals surface area contributed by atoms with E-state index >= 15 is 0 Å². The monoisotopic (exact) mass is 255 g/mol. The van der Waals surface area contributed by atoms with Gasteiger partial charge in [-0.15, -0.1) is 11.3 Å². The number of rotatable bonds is 6. The number of nitrogens with one attached hydrogen (secondary N) is 1. The van der Waals surface area contributed by atoms with Gasteiger partial charge < -0.3 is 15.2 Å². The molecule has 0 radical (unpaired) electrons. The summed E-state index contributed by atoms with van der Waals surface area (Å²) < 4.78 is 5.22. The lowest BCUT2D eigenvalue weighted by atomic mass is 9.88. The van der Waals surface area contributed by atoms with Gasteiger partial charge in [0.25, 0.3) is 0 Å². The summed E-state index contributed by atoms with van der Waals surface area (Å²) in [5, 5.41) is 14.3. The number of methoxy groups -OCH3 is 1. The van der Waals surface area contributed by atoms with Crippen LogP contribution in [0.25, 0.3) is 0 Å². The highest BCUT2D eigenvalue weighted by atomic mass is 32.1. The van der Waals surface area contributed by atoms with E-state index in [9.17, 15) is 4.79 Å². The Morgan fingerprint density at radius 3 is 3.00 bits per heavy atom. The van der Waals surface area contributed by atoms with E-state index < -0.39 is 5.97 Å². The van der Waals surface area contributed by atoms with E-state index in [1.165, 1.54) is 0 Å². The summed E-state index contributed by atoms with van der Waals surface area (Å²) in [6.45, 7) is 0. The topological polar surface area (TPSA) is 58.6 Å². The average Bonchev–Trinajstić information content (AvgIpc) is 2.73. The van der Waals surface area contributed by atoms with Gasteiger partial charge >= 0.3 is 5.97 Å². The van der Waals surface area contributed by atoms with Crippen LogP contribution in [0.5, 0.6) is 0 Å². The second-order valence-electron chi connectivity index (χ2n) is 4.36. The number of hydrogen-bond donors (Lipinski definition) is 2. The molecule has 1 aromatic rings. The van der Waals surface area contributed by atoms with Gasteiger partial charge in [0.1, 0.15) is 0 Å². The Hall–Kier alpha value is -0.910. The SMILES string of the molecule is COC1CC(NC(CC(=O)O)c2cccs2)C1. The minimum absolute atomic E-state index is 0.0738. The third-order valence-electron chi connectivity index (χ3n) is 3.13. The number of carbonyl (C=O) groups is 1. The number of hydrogen-bond acceptors (Lipinski definition) is 4. The second kappa shape index (κ2) is 5.62. The molecule has 4 nitrogen and oxygen atoms in total. The number of aliphatic carboxylic acids is 1. The lowest BCUT2D eigenvalue weighted by Crippen LogP contribution is -2.46. The third-order valence-corrected chi connectivity index (χ3v) is 4.12. The van der Waals surface area contributed by atoms with Crippen molar-refractivity contribution in [3.8, 4) is 0 Å². The van der Waals surface area contributed by atoms with Gasteiger partial charge in [0, 0.05) is 18.0 Å². The molecule has 0 aliphatic heterocycles. The molecule has 1 aromatic heterocycles. The van der Waals surface area contributed by atoms with Crippen LogP contribution in [0.4, 0.5) is 0 Å². The fourth-order valence-corrected chi connectivity index (χ4v) is 2.87. The molecule has 0 bridgehead atoms. The van der Waals surface area contributed by atoms with Gasteiger partial charge in [0.05, 0.1) is 18.6 Å². The highest BCUT2D eigenvalue weighted by molar-refractivity contribution is 7.10. The molecular formula is C12H17NO3S. The minimum atomic E-state index is -0.765. The molecule has 1 atom stereocenters. The van der Waals surface area contributed by atoms with Crippen molar-refractivity contribution >= 4 is 17.3 Å². The van der Waals surface area contributed by atoms with Crippen LogP contribution in [-0.4, -0.2) is 30.3 Å². The lowest BCUT2D eigenvalue weighted by molar-refractivity contribution is -0.137. The van der Waals surface area contributed by atoms with Gasteiger partial charge in [-0.05, 0) is 24.3 Å². The Morgan fingerprint density at radius 2 is 2.47 bits per heavy atom. The molecule has 1 saturated carbocycles. The van der Waals surface area contributed by atoms with Crippen molar-refractivity contribution in [2.45, 2.75) is 37.5 Å². The van der Waals surface area contributed by atoms with Gasteiger partial charge in [0.2, 0.25) is 0 Å². The molecule has 1 fully saturated rings. The predicted octanol–water partition coefficient (Wildman–Crippen LogP) is 2.03. The zero-order valence-electron chi connectivity index (χ0n) is 9.76. The summed E-state index contributed by atoms with van der Waals surface area (Å²) in [6, 6.07) is 4.24. The maximum absolute atomic E-state index is 10.9. The predicted molar refractivity (Wildman–Crippen MR) is 66.3 cm³/mol. The molecule has 1 heterocycles. The maximum Gasteiger partial charge on any atom is 0.305 e. The first-order valence-electron chi connectivity index (χ1n) is 5.73. The van der Waals surface area contributed by atoms with Crippen LogP contribution in [0, 0.1) is 0 Å². The zero-order valence-corrected chi connectivity index (χ0v) is 10.6. The van der Waals surface area contributed by atoms with Gasteiger partial charge in [-0.25, -0.2) is 0 Å². The summed E-state index contributed by atoms with van der Waals surface area (Å²) in [5.74, 6) is -0.765. The number of thiophene rings is 1. The van der Waals surface area contributed by atoms with Crippen molar-refractivity contribution in [2.24, 2.45) is 0 Å². The summed E-state index contributed by atoms with van der Waals surface area (Å²) in [4.78, 5) is 11.9. The molecule has 1 unspecified atom stereocenters. The van der Waals surface area contributed by atoms with E-state index in [1.807, 2.05) is 17.5 Å². The highest BCUT2D eigenvalue weighted by Crippen LogP contribution is 2.28. The molecule has 0 saturated heterocycles. The Kier molecular flexibility index (Phi) is 4.15. The lowest BCUT2D eigenvalue weighted by Gasteiger charge is -2.37. The van der Waals surface area contributed by atoms with Gasteiger partial charge in [-0.1, -0.05) is 6.07 Å². The van der Waals surface area contributed by atoms with Gasteiger partial charge in [-0.3, -0.25) is 4.79 Å². The van der Waals surface area contributed by atoms with Crippen LogP contribution in [0.2, 0.25) is 0 Å².